The molecule has 98 valence electrons. The first kappa shape index (κ1) is 12.0. The number of benzene rings is 1. The van der Waals surface area contributed by atoms with Crippen LogP contribution in [0.5, 0.6) is 5.75 Å². The summed E-state index contributed by atoms with van der Waals surface area (Å²) in [7, 11) is 0. The van der Waals surface area contributed by atoms with Gasteiger partial charge < -0.3 is 14.8 Å². The Morgan fingerprint density at radius 3 is 2.94 bits per heavy atom. The quantitative estimate of drug-likeness (QED) is 0.887. The van der Waals surface area contributed by atoms with Gasteiger partial charge in [0.05, 0.1) is 0 Å². The van der Waals surface area contributed by atoms with Gasteiger partial charge in [-0.3, -0.25) is 0 Å². The SMILES string of the molecule is Cc1ccc2c(c1)CC(CNC1CCOCC1)O2. The van der Waals surface area contributed by atoms with E-state index in [9.17, 15) is 0 Å². The molecule has 0 aromatic heterocycles. The van der Waals surface area contributed by atoms with E-state index in [1.165, 1.54) is 11.1 Å². The lowest BCUT2D eigenvalue weighted by Crippen LogP contribution is -2.40. The lowest BCUT2D eigenvalue weighted by Gasteiger charge is -2.24. The summed E-state index contributed by atoms with van der Waals surface area (Å²) in [4.78, 5) is 0. The van der Waals surface area contributed by atoms with E-state index in [0.717, 1.165) is 44.8 Å². The van der Waals surface area contributed by atoms with Crippen LogP contribution in [-0.2, 0) is 11.2 Å². The summed E-state index contributed by atoms with van der Waals surface area (Å²) in [5.74, 6) is 1.07. The van der Waals surface area contributed by atoms with Gasteiger partial charge in [-0.25, -0.2) is 0 Å². The van der Waals surface area contributed by atoms with Crippen LogP contribution < -0.4 is 10.1 Å². The third kappa shape index (κ3) is 2.68. The number of hydrogen-bond donors (Lipinski definition) is 1. The van der Waals surface area contributed by atoms with E-state index in [0.29, 0.717) is 12.1 Å². The van der Waals surface area contributed by atoms with Crippen LogP contribution in [0.15, 0.2) is 18.2 Å². The fourth-order valence-corrected chi connectivity index (χ4v) is 2.76. The van der Waals surface area contributed by atoms with Gasteiger partial charge in [0.2, 0.25) is 0 Å². The first-order valence-corrected chi connectivity index (χ1v) is 6.88. The Morgan fingerprint density at radius 1 is 1.28 bits per heavy atom. The number of rotatable bonds is 3. The van der Waals surface area contributed by atoms with Gasteiger partial charge in [0.15, 0.2) is 0 Å². The van der Waals surface area contributed by atoms with Gasteiger partial charge in [-0.15, -0.1) is 0 Å². The third-order valence-corrected chi connectivity index (χ3v) is 3.81. The normalized spacial score (nSPS) is 23.7. The van der Waals surface area contributed by atoms with Gasteiger partial charge in [-0.2, -0.15) is 0 Å². The van der Waals surface area contributed by atoms with Gasteiger partial charge in [0.1, 0.15) is 11.9 Å². The molecular weight excluding hydrogens is 226 g/mol. The minimum absolute atomic E-state index is 0.296. The Morgan fingerprint density at radius 2 is 2.11 bits per heavy atom. The zero-order valence-corrected chi connectivity index (χ0v) is 10.9. The Hall–Kier alpha value is -1.06. The van der Waals surface area contributed by atoms with E-state index in [4.69, 9.17) is 9.47 Å². The van der Waals surface area contributed by atoms with Crippen molar-refractivity contribution in [2.45, 2.75) is 38.3 Å². The molecule has 1 fully saturated rings. The number of hydrogen-bond acceptors (Lipinski definition) is 3. The summed E-state index contributed by atoms with van der Waals surface area (Å²) in [6.07, 6.45) is 3.58. The number of nitrogens with one attached hydrogen (secondary N) is 1. The van der Waals surface area contributed by atoms with E-state index in [1.54, 1.807) is 0 Å². The Labute approximate surface area is 108 Å². The number of ether oxygens (including phenoxy) is 2. The van der Waals surface area contributed by atoms with Crippen LogP contribution in [0.1, 0.15) is 24.0 Å². The molecule has 2 aliphatic heterocycles. The molecule has 0 saturated carbocycles. The van der Waals surface area contributed by atoms with Crippen LogP contribution in [0.3, 0.4) is 0 Å². The van der Waals surface area contributed by atoms with Crippen molar-refractivity contribution in [2.75, 3.05) is 19.8 Å². The van der Waals surface area contributed by atoms with Crippen molar-refractivity contribution >= 4 is 0 Å². The molecule has 0 amide bonds. The smallest absolute Gasteiger partial charge is 0.123 e. The summed E-state index contributed by atoms with van der Waals surface area (Å²) in [5.41, 5.74) is 2.67. The standard InChI is InChI=1S/C15H21NO2/c1-11-2-3-15-12(8-11)9-14(18-15)10-16-13-4-6-17-7-5-13/h2-3,8,13-14,16H,4-7,9-10H2,1H3. The van der Waals surface area contributed by atoms with Crippen molar-refractivity contribution < 1.29 is 9.47 Å². The predicted octanol–water partition coefficient (Wildman–Crippen LogP) is 2.07. The maximum atomic E-state index is 5.96. The molecule has 3 rings (SSSR count). The van der Waals surface area contributed by atoms with E-state index in [1.807, 2.05) is 0 Å². The van der Waals surface area contributed by atoms with Crippen molar-refractivity contribution in [1.29, 1.82) is 0 Å². The minimum atomic E-state index is 0.296. The molecule has 1 atom stereocenters. The minimum Gasteiger partial charge on any atom is -0.488 e. The van der Waals surface area contributed by atoms with Crippen LogP contribution in [0.25, 0.3) is 0 Å². The lowest BCUT2D eigenvalue weighted by molar-refractivity contribution is 0.0748. The van der Waals surface area contributed by atoms with Crippen molar-refractivity contribution in [3.8, 4) is 5.75 Å². The first-order chi connectivity index (χ1) is 8.81. The molecule has 0 aliphatic carbocycles. The van der Waals surface area contributed by atoms with Crippen LogP contribution in [0.4, 0.5) is 0 Å². The van der Waals surface area contributed by atoms with Crippen molar-refractivity contribution in [1.82, 2.24) is 5.32 Å². The van der Waals surface area contributed by atoms with Gasteiger partial charge in [0, 0.05) is 32.2 Å². The topological polar surface area (TPSA) is 30.5 Å². The Kier molecular flexibility index (Phi) is 3.52. The van der Waals surface area contributed by atoms with E-state index < -0.39 is 0 Å². The van der Waals surface area contributed by atoms with Gasteiger partial charge in [-0.1, -0.05) is 17.7 Å². The summed E-state index contributed by atoms with van der Waals surface area (Å²) >= 11 is 0. The van der Waals surface area contributed by atoms with Crippen LogP contribution in [0.2, 0.25) is 0 Å². The van der Waals surface area contributed by atoms with Crippen molar-refractivity contribution in [2.24, 2.45) is 0 Å². The van der Waals surface area contributed by atoms with Crippen molar-refractivity contribution in [3.63, 3.8) is 0 Å². The molecule has 1 aromatic carbocycles. The average molecular weight is 247 g/mol. The second-order valence-electron chi connectivity index (χ2n) is 5.35. The summed E-state index contributed by atoms with van der Waals surface area (Å²) in [6.45, 7) is 4.86. The predicted molar refractivity (Wildman–Crippen MR) is 71.1 cm³/mol. The van der Waals surface area contributed by atoms with E-state index in [-0.39, 0.29) is 0 Å². The van der Waals surface area contributed by atoms with Gasteiger partial charge in [-0.05, 0) is 31.4 Å². The molecule has 3 nitrogen and oxygen atoms in total. The van der Waals surface area contributed by atoms with Gasteiger partial charge in [0.25, 0.3) is 0 Å². The highest BCUT2D eigenvalue weighted by molar-refractivity contribution is 5.40. The second-order valence-corrected chi connectivity index (χ2v) is 5.35. The molecule has 0 radical (unpaired) electrons. The van der Waals surface area contributed by atoms with Crippen LogP contribution >= 0.6 is 0 Å². The molecule has 1 aromatic rings. The lowest BCUT2D eigenvalue weighted by atomic mass is 10.1. The average Bonchev–Trinajstić information content (AvgIpc) is 2.79. The van der Waals surface area contributed by atoms with Crippen LogP contribution in [-0.4, -0.2) is 31.9 Å². The van der Waals surface area contributed by atoms with Crippen LogP contribution in [0, 0.1) is 6.92 Å². The molecule has 1 saturated heterocycles. The first-order valence-electron chi connectivity index (χ1n) is 6.88. The van der Waals surface area contributed by atoms with Gasteiger partial charge >= 0.3 is 0 Å². The monoisotopic (exact) mass is 247 g/mol. The van der Waals surface area contributed by atoms with E-state index in [2.05, 4.69) is 30.4 Å². The molecule has 0 spiro atoms. The number of fused-ring (bicyclic) bond motifs is 1. The fraction of sp³-hybridized carbons (Fsp3) is 0.600. The zero-order chi connectivity index (χ0) is 12.4. The summed E-state index contributed by atoms with van der Waals surface area (Å²) in [5, 5.41) is 3.61. The summed E-state index contributed by atoms with van der Waals surface area (Å²) in [6, 6.07) is 7.06. The molecule has 2 heterocycles. The molecule has 1 unspecified atom stereocenters. The maximum Gasteiger partial charge on any atom is 0.123 e. The highest BCUT2D eigenvalue weighted by atomic mass is 16.5. The third-order valence-electron chi connectivity index (χ3n) is 3.81. The van der Waals surface area contributed by atoms with E-state index >= 15 is 0 Å². The molecular formula is C15H21NO2. The summed E-state index contributed by atoms with van der Waals surface area (Å²) < 4.78 is 11.3. The largest absolute Gasteiger partial charge is 0.488 e. The zero-order valence-electron chi connectivity index (χ0n) is 10.9. The Balaban J connectivity index is 1.51. The molecule has 1 N–H and O–H groups in total. The Bertz CT molecular complexity index is 413. The van der Waals surface area contributed by atoms with Crippen molar-refractivity contribution in [3.05, 3.63) is 29.3 Å². The highest BCUT2D eigenvalue weighted by Crippen LogP contribution is 2.29. The second kappa shape index (κ2) is 5.29. The molecule has 3 heteroatoms. The highest BCUT2D eigenvalue weighted by Gasteiger charge is 2.23. The number of aryl methyl sites for hydroxylation is 1. The molecule has 18 heavy (non-hydrogen) atoms. The fourth-order valence-electron chi connectivity index (χ4n) is 2.76. The molecule has 0 bridgehead atoms. The molecule has 2 aliphatic rings. The maximum absolute atomic E-state index is 5.96.